The van der Waals surface area contributed by atoms with Crippen LogP contribution in [0.3, 0.4) is 0 Å². The Morgan fingerprint density at radius 2 is 1.90 bits per heavy atom. The Hall–Kier alpha value is -1.05. The average molecular weight is 152 g/mol. The van der Waals surface area contributed by atoms with Crippen LogP contribution in [0.5, 0.6) is 0 Å². The minimum absolute atomic E-state index is 0. The lowest BCUT2D eigenvalue weighted by atomic mass is 10.4. The van der Waals surface area contributed by atoms with Crippen molar-refractivity contribution in [1.29, 1.82) is 5.26 Å². The van der Waals surface area contributed by atoms with Crippen molar-refractivity contribution in [2.24, 2.45) is 4.99 Å². The topological polar surface area (TPSA) is 36.1 Å². The maximum atomic E-state index is 11.4. The molecule has 0 aromatic carbocycles. The van der Waals surface area contributed by atoms with Crippen LogP contribution in [0.2, 0.25) is 0 Å². The Kier molecular flexibility index (Phi) is 4.54. The van der Waals surface area contributed by atoms with Gasteiger partial charge < -0.3 is 0 Å². The minimum atomic E-state index is -4.59. The highest BCUT2D eigenvalue weighted by Gasteiger charge is 2.35. The molecule has 0 aromatic heterocycles. The van der Waals surface area contributed by atoms with Gasteiger partial charge in [0.1, 0.15) is 6.07 Å². The molecule has 0 aliphatic rings. The zero-order valence-electron chi connectivity index (χ0n) is 4.53. The second-order valence-electron chi connectivity index (χ2n) is 1.18. The second-order valence-corrected chi connectivity index (χ2v) is 1.18. The molecule has 0 aliphatic carbocycles. The summed E-state index contributed by atoms with van der Waals surface area (Å²) in [5.74, 6) is 0. The normalized spacial score (nSPS) is 11.7. The summed E-state index contributed by atoms with van der Waals surface area (Å²) >= 11 is 0. The standard InChI is InChI=1S/C4H3F3N2.CH4/c1-9-3(2-8)4(5,6)7;/h1H3;1H4. The molecule has 0 heterocycles. The molecule has 0 rings (SSSR count). The van der Waals surface area contributed by atoms with Crippen molar-refractivity contribution in [2.75, 3.05) is 7.05 Å². The summed E-state index contributed by atoms with van der Waals surface area (Å²) in [7, 11) is 0.923. The van der Waals surface area contributed by atoms with Gasteiger partial charge in [0, 0.05) is 7.05 Å². The summed E-state index contributed by atoms with van der Waals surface area (Å²) in [6, 6.07) is 0.917. The number of alkyl halides is 3. The maximum Gasteiger partial charge on any atom is 0.443 e. The van der Waals surface area contributed by atoms with Crippen molar-refractivity contribution in [3.8, 4) is 6.07 Å². The van der Waals surface area contributed by atoms with Crippen molar-refractivity contribution < 1.29 is 13.2 Å². The summed E-state index contributed by atoms with van der Waals surface area (Å²) in [5, 5.41) is 7.76. The third-order valence-corrected chi connectivity index (χ3v) is 0.598. The van der Waals surface area contributed by atoms with E-state index in [4.69, 9.17) is 5.26 Å². The van der Waals surface area contributed by atoms with Crippen molar-refractivity contribution in [3.05, 3.63) is 0 Å². The van der Waals surface area contributed by atoms with Crippen molar-refractivity contribution in [2.45, 2.75) is 13.6 Å². The van der Waals surface area contributed by atoms with E-state index in [-0.39, 0.29) is 7.43 Å². The third-order valence-electron chi connectivity index (χ3n) is 0.598. The first-order chi connectivity index (χ1) is 4.02. The van der Waals surface area contributed by atoms with Gasteiger partial charge in [0.2, 0.25) is 5.71 Å². The molecule has 0 fully saturated rings. The molecule has 0 aliphatic heterocycles. The van der Waals surface area contributed by atoms with E-state index in [0.29, 0.717) is 0 Å². The van der Waals surface area contributed by atoms with Crippen LogP contribution in [0.1, 0.15) is 7.43 Å². The molecule has 0 saturated heterocycles. The lowest BCUT2D eigenvalue weighted by Crippen LogP contribution is -2.20. The van der Waals surface area contributed by atoms with Crippen LogP contribution in [0.4, 0.5) is 13.2 Å². The van der Waals surface area contributed by atoms with E-state index in [1.807, 2.05) is 0 Å². The molecule has 0 spiro atoms. The summed E-state index contributed by atoms with van der Waals surface area (Å²) in [6.07, 6.45) is -4.59. The molecule has 0 unspecified atom stereocenters. The van der Waals surface area contributed by atoms with Crippen LogP contribution in [-0.2, 0) is 0 Å². The summed E-state index contributed by atoms with van der Waals surface area (Å²) in [6.45, 7) is 0. The largest absolute Gasteiger partial charge is 0.443 e. The molecule has 5 heteroatoms. The Labute approximate surface area is 57.0 Å². The molecule has 10 heavy (non-hydrogen) atoms. The van der Waals surface area contributed by atoms with Crippen molar-refractivity contribution in [1.82, 2.24) is 0 Å². The van der Waals surface area contributed by atoms with Gasteiger partial charge in [-0.05, 0) is 0 Å². The first-order valence-corrected chi connectivity index (χ1v) is 1.96. The Balaban J connectivity index is 0. The van der Waals surface area contributed by atoms with E-state index >= 15 is 0 Å². The number of nitrogens with zero attached hydrogens (tertiary/aromatic N) is 2. The van der Waals surface area contributed by atoms with Crippen molar-refractivity contribution in [3.63, 3.8) is 0 Å². The SMILES string of the molecule is C.CN=C(C#N)C(F)(F)F. The number of rotatable bonds is 0. The van der Waals surface area contributed by atoms with E-state index in [1.54, 1.807) is 0 Å². The molecular formula is C5H7F3N2. The summed E-state index contributed by atoms with van der Waals surface area (Å²) < 4.78 is 34.1. The van der Waals surface area contributed by atoms with Crippen LogP contribution < -0.4 is 0 Å². The molecule has 0 aromatic rings. The molecule has 0 radical (unpaired) electrons. The van der Waals surface area contributed by atoms with Crippen LogP contribution in [0.25, 0.3) is 0 Å². The lowest BCUT2D eigenvalue weighted by Gasteiger charge is -1.99. The van der Waals surface area contributed by atoms with E-state index < -0.39 is 11.9 Å². The lowest BCUT2D eigenvalue weighted by molar-refractivity contribution is -0.0573. The number of aliphatic imine (C=N–C) groups is 1. The maximum absolute atomic E-state index is 11.4. The number of hydrogen-bond donors (Lipinski definition) is 0. The van der Waals surface area contributed by atoms with Gasteiger partial charge in [-0.1, -0.05) is 7.43 Å². The highest BCUT2D eigenvalue weighted by molar-refractivity contribution is 6.02. The molecular weight excluding hydrogens is 145 g/mol. The van der Waals surface area contributed by atoms with E-state index in [2.05, 4.69) is 4.99 Å². The number of hydrogen-bond acceptors (Lipinski definition) is 2. The molecule has 58 valence electrons. The number of halogens is 3. The fourth-order valence-corrected chi connectivity index (χ4v) is 0.240. The van der Waals surface area contributed by atoms with E-state index in [1.165, 1.54) is 0 Å². The van der Waals surface area contributed by atoms with Gasteiger partial charge in [0.25, 0.3) is 0 Å². The van der Waals surface area contributed by atoms with E-state index in [9.17, 15) is 13.2 Å². The summed E-state index contributed by atoms with van der Waals surface area (Å²) in [5.41, 5.74) is -1.40. The number of nitriles is 1. The Morgan fingerprint density at radius 1 is 1.50 bits per heavy atom. The predicted molar refractivity (Wildman–Crippen MR) is 31.8 cm³/mol. The van der Waals surface area contributed by atoms with Crippen molar-refractivity contribution >= 4 is 5.71 Å². The van der Waals surface area contributed by atoms with Gasteiger partial charge in [0.05, 0.1) is 0 Å². The fourth-order valence-electron chi connectivity index (χ4n) is 0.240. The van der Waals surface area contributed by atoms with Gasteiger partial charge in [-0.2, -0.15) is 18.4 Å². The molecule has 0 N–H and O–H groups in total. The third kappa shape index (κ3) is 3.07. The zero-order valence-corrected chi connectivity index (χ0v) is 4.53. The quantitative estimate of drug-likeness (QED) is 0.487. The highest BCUT2D eigenvalue weighted by atomic mass is 19.4. The van der Waals surface area contributed by atoms with Gasteiger partial charge in [0.15, 0.2) is 0 Å². The minimum Gasteiger partial charge on any atom is -0.274 e. The van der Waals surface area contributed by atoms with Crippen LogP contribution in [-0.4, -0.2) is 18.9 Å². The second kappa shape index (κ2) is 3.88. The monoisotopic (exact) mass is 152 g/mol. The van der Waals surface area contributed by atoms with Crippen LogP contribution in [0, 0.1) is 11.3 Å². The molecule has 2 nitrogen and oxygen atoms in total. The summed E-state index contributed by atoms with van der Waals surface area (Å²) in [4.78, 5) is 2.71. The van der Waals surface area contributed by atoms with Crippen LogP contribution >= 0.6 is 0 Å². The van der Waals surface area contributed by atoms with E-state index in [0.717, 1.165) is 13.1 Å². The van der Waals surface area contributed by atoms with Crippen LogP contribution in [0.15, 0.2) is 4.99 Å². The zero-order chi connectivity index (χ0) is 7.49. The van der Waals surface area contributed by atoms with Gasteiger partial charge >= 0.3 is 6.18 Å². The molecule has 0 bridgehead atoms. The average Bonchev–Trinajstić information content (AvgIpc) is 1.65. The first kappa shape index (κ1) is 11.7. The molecule has 0 atom stereocenters. The molecule has 0 amide bonds. The fraction of sp³-hybridized carbons (Fsp3) is 0.600. The predicted octanol–water partition coefficient (Wildman–Crippen LogP) is 1.78. The van der Waals surface area contributed by atoms with Gasteiger partial charge in [-0.3, -0.25) is 4.99 Å². The van der Waals surface area contributed by atoms with Gasteiger partial charge in [-0.15, -0.1) is 0 Å². The van der Waals surface area contributed by atoms with Gasteiger partial charge in [-0.25, -0.2) is 0 Å². The molecule has 0 saturated carbocycles. The Morgan fingerprint density at radius 3 is 1.90 bits per heavy atom. The Bertz CT molecular complexity index is 163. The smallest absolute Gasteiger partial charge is 0.274 e. The first-order valence-electron chi connectivity index (χ1n) is 1.96. The highest BCUT2D eigenvalue weighted by Crippen LogP contribution is 2.15.